The second kappa shape index (κ2) is 7.27. The number of hydrogen-bond donors (Lipinski definition) is 1. The number of nitrogens with one attached hydrogen (secondary N) is 1. The molecule has 0 spiro atoms. The third-order valence-electron chi connectivity index (χ3n) is 4.00. The van der Waals surface area contributed by atoms with Crippen LogP contribution in [-0.4, -0.2) is 11.9 Å². The van der Waals surface area contributed by atoms with Gasteiger partial charge in [0.05, 0.1) is 11.8 Å². The van der Waals surface area contributed by atoms with Crippen LogP contribution in [-0.2, 0) is 0 Å². The Kier molecular flexibility index (Phi) is 4.89. The van der Waals surface area contributed by atoms with Crippen LogP contribution in [0.5, 0.6) is 5.75 Å². The van der Waals surface area contributed by atoms with E-state index in [0.29, 0.717) is 17.0 Å². The van der Waals surface area contributed by atoms with Gasteiger partial charge in [0.15, 0.2) is 5.76 Å². The molecule has 0 radical (unpaired) electrons. The van der Waals surface area contributed by atoms with Crippen molar-refractivity contribution in [2.45, 2.75) is 20.8 Å². The molecule has 3 rings (SSSR count). The van der Waals surface area contributed by atoms with Gasteiger partial charge >= 0.3 is 5.97 Å². The topological polar surface area (TPSA) is 68.5 Å². The van der Waals surface area contributed by atoms with Crippen LogP contribution >= 0.6 is 0 Å². The van der Waals surface area contributed by atoms with Crippen LogP contribution < -0.4 is 10.1 Å². The average Bonchev–Trinajstić information content (AvgIpc) is 3.14. The van der Waals surface area contributed by atoms with Gasteiger partial charge in [-0.05, 0) is 62.2 Å². The van der Waals surface area contributed by atoms with E-state index < -0.39 is 5.97 Å². The lowest BCUT2D eigenvalue weighted by molar-refractivity contribution is 0.0733. The zero-order valence-electron chi connectivity index (χ0n) is 14.8. The van der Waals surface area contributed by atoms with Crippen LogP contribution in [0.2, 0.25) is 0 Å². The van der Waals surface area contributed by atoms with Gasteiger partial charge in [-0.15, -0.1) is 0 Å². The molecule has 0 saturated heterocycles. The van der Waals surface area contributed by atoms with E-state index >= 15 is 0 Å². The molecule has 1 N–H and O–H groups in total. The molecule has 1 heterocycles. The minimum Gasteiger partial charge on any atom is -0.459 e. The lowest BCUT2D eigenvalue weighted by Gasteiger charge is -2.11. The number of ether oxygens (including phenoxy) is 1. The molecule has 2 aromatic carbocycles. The fourth-order valence-corrected chi connectivity index (χ4v) is 2.55. The van der Waals surface area contributed by atoms with Gasteiger partial charge in [0.2, 0.25) is 0 Å². The number of benzene rings is 2. The molecular weight excluding hydrogens is 330 g/mol. The fourth-order valence-electron chi connectivity index (χ4n) is 2.55. The number of hydrogen-bond acceptors (Lipinski definition) is 4. The van der Waals surface area contributed by atoms with Crippen molar-refractivity contribution >= 4 is 17.6 Å². The molecule has 5 heteroatoms. The summed E-state index contributed by atoms with van der Waals surface area (Å²) in [6, 6.07) is 13.9. The van der Waals surface area contributed by atoms with E-state index in [1.165, 1.54) is 6.26 Å². The van der Waals surface area contributed by atoms with Crippen molar-refractivity contribution in [1.82, 2.24) is 0 Å². The number of carbonyl (C=O) groups is 2. The molecule has 0 aliphatic rings. The first-order valence-corrected chi connectivity index (χ1v) is 8.19. The van der Waals surface area contributed by atoms with Crippen LogP contribution in [0.3, 0.4) is 0 Å². The summed E-state index contributed by atoms with van der Waals surface area (Å²) in [5, 5.41) is 2.75. The van der Waals surface area contributed by atoms with Crippen molar-refractivity contribution in [1.29, 1.82) is 0 Å². The molecule has 0 bridgehead atoms. The summed E-state index contributed by atoms with van der Waals surface area (Å²) in [6.07, 6.45) is 1.43. The smallest absolute Gasteiger partial charge is 0.343 e. The summed E-state index contributed by atoms with van der Waals surface area (Å²) in [7, 11) is 0. The quantitative estimate of drug-likeness (QED) is 0.549. The third-order valence-corrected chi connectivity index (χ3v) is 4.00. The molecule has 5 nitrogen and oxygen atoms in total. The van der Waals surface area contributed by atoms with Crippen LogP contribution in [0.1, 0.15) is 37.6 Å². The van der Waals surface area contributed by atoms with E-state index in [2.05, 4.69) is 5.32 Å². The van der Waals surface area contributed by atoms with Gasteiger partial charge in [0.25, 0.3) is 5.91 Å². The van der Waals surface area contributed by atoms with Crippen molar-refractivity contribution in [2.75, 3.05) is 5.32 Å². The zero-order chi connectivity index (χ0) is 18.7. The normalized spacial score (nSPS) is 10.4. The Morgan fingerprint density at radius 1 is 0.962 bits per heavy atom. The maximum Gasteiger partial charge on any atom is 0.343 e. The Morgan fingerprint density at radius 3 is 2.46 bits per heavy atom. The molecule has 0 unspecified atom stereocenters. The van der Waals surface area contributed by atoms with Crippen molar-refractivity contribution < 1.29 is 18.7 Å². The van der Waals surface area contributed by atoms with Gasteiger partial charge in [-0.2, -0.15) is 0 Å². The second-order valence-electron chi connectivity index (χ2n) is 6.12. The Hall–Kier alpha value is -3.34. The summed E-state index contributed by atoms with van der Waals surface area (Å²) in [4.78, 5) is 24.6. The zero-order valence-corrected chi connectivity index (χ0v) is 14.8. The van der Waals surface area contributed by atoms with E-state index in [1.54, 1.807) is 36.4 Å². The maximum absolute atomic E-state index is 12.5. The Morgan fingerprint density at radius 2 is 1.77 bits per heavy atom. The largest absolute Gasteiger partial charge is 0.459 e. The number of amides is 1. The standard InChI is InChI=1S/C21H19NO4/c1-13-6-9-18(15(3)11-13)26-21(24)16-8-7-14(2)17(12-16)22-20(23)19-5-4-10-25-19/h4-12H,1-3H3,(H,22,23). The van der Waals surface area contributed by atoms with Crippen molar-refractivity contribution in [3.05, 3.63) is 82.8 Å². The number of aryl methyl sites for hydroxylation is 3. The highest BCUT2D eigenvalue weighted by molar-refractivity contribution is 6.03. The number of anilines is 1. The van der Waals surface area contributed by atoms with Crippen LogP contribution in [0.15, 0.2) is 59.2 Å². The molecule has 1 aromatic heterocycles. The van der Waals surface area contributed by atoms with E-state index in [1.807, 2.05) is 32.9 Å². The Balaban J connectivity index is 1.80. The highest BCUT2D eigenvalue weighted by Crippen LogP contribution is 2.22. The van der Waals surface area contributed by atoms with Crippen molar-refractivity contribution in [2.24, 2.45) is 0 Å². The molecule has 132 valence electrons. The minimum atomic E-state index is -0.481. The fraction of sp³-hybridized carbons (Fsp3) is 0.143. The predicted octanol–water partition coefficient (Wildman–Crippen LogP) is 4.68. The maximum atomic E-state index is 12.5. The van der Waals surface area contributed by atoms with Gasteiger partial charge < -0.3 is 14.5 Å². The summed E-state index contributed by atoms with van der Waals surface area (Å²) in [5.74, 6) is -0.140. The Labute approximate surface area is 151 Å². The molecule has 0 saturated carbocycles. The highest BCUT2D eigenvalue weighted by Gasteiger charge is 2.15. The lowest BCUT2D eigenvalue weighted by atomic mass is 10.1. The number of carbonyl (C=O) groups excluding carboxylic acids is 2. The molecule has 26 heavy (non-hydrogen) atoms. The first-order chi connectivity index (χ1) is 12.4. The number of esters is 1. The van der Waals surface area contributed by atoms with Crippen LogP contribution in [0.25, 0.3) is 0 Å². The second-order valence-corrected chi connectivity index (χ2v) is 6.12. The van der Waals surface area contributed by atoms with Gasteiger partial charge in [0.1, 0.15) is 5.75 Å². The SMILES string of the molecule is Cc1ccc(OC(=O)c2ccc(C)c(NC(=O)c3ccco3)c2)c(C)c1. The van der Waals surface area contributed by atoms with Gasteiger partial charge in [-0.1, -0.05) is 23.8 Å². The highest BCUT2D eigenvalue weighted by atomic mass is 16.5. The summed E-state index contributed by atoms with van der Waals surface area (Å²) >= 11 is 0. The number of furan rings is 1. The van der Waals surface area contributed by atoms with E-state index in [0.717, 1.165) is 16.7 Å². The average molecular weight is 349 g/mol. The van der Waals surface area contributed by atoms with Crippen molar-refractivity contribution in [3.63, 3.8) is 0 Å². The van der Waals surface area contributed by atoms with E-state index in [-0.39, 0.29) is 11.7 Å². The predicted molar refractivity (Wildman–Crippen MR) is 98.7 cm³/mol. The minimum absolute atomic E-state index is 0.202. The molecule has 3 aromatic rings. The summed E-state index contributed by atoms with van der Waals surface area (Å²) in [6.45, 7) is 5.71. The molecule has 0 aliphatic carbocycles. The number of rotatable bonds is 4. The van der Waals surface area contributed by atoms with Crippen LogP contribution in [0, 0.1) is 20.8 Å². The Bertz CT molecular complexity index is 958. The monoisotopic (exact) mass is 349 g/mol. The molecular formula is C21H19NO4. The van der Waals surface area contributed by atoms with Crippen molar-refractivity contribution in [3.8, 4) is 5.75 Å². The molecule has 0 aliphatic heterocycles. The molecule has 0 fully saturated rings. The first-order valence-electron chi connectivity index (χ1n) is 8.19. The van der Waals surface area contributed by atoms with Crippen LogP contribution in [0.4, 0.5) is 5.69 Å². The lowest BCUT2D eigenvalue weighted by Crippen LogP contribution is -2.14. The molecule has 1 amide bonds. The first kappa shape index (κ1) is 17.5. The summed E-state index contributed by atoms with van der Waals surface area (Å²) < 4.78 is 10.6. The van der Waals surface area contributed by atoms with E-state index in [4.69, 9.17) is 9.15 Å². The molecule has 0 atom stereocenters. The van der Waals surface area contributed by atoms with E-state index in [9.17, 15) is 9.59 Å². The van der Waals surface area contributed by atoms with Gasteiger partial charge in [-0.25, -0.2) is 4.79 Å². The van der Waals surface area contributed by atoms with Gasteiger partial charge in [0, 0.05) is 5.69 Å². The summed E-state index contributed by atoms with van der Waals surface area (Å²) in [5.41, 5.74) is 3.69. The van der Waals surface area contributed by atoms with Gasteiger partial charge in [-0.3, -0.25) is 4.79 Å². The third kappa shape index (κ3) is 3.83.